The van der Waals surface area contributed by atoms with E-state index in [9.17, 15) is 22.8 Å². The van der Waals surface area contributed by atoms with E-state index in [1.54, 1.807) is 6.07 Å². The summed E-state index contributed by atoms with van der Waals surface area (Å²) in [5.74, 6) is -0.772. The van der Waals surface area contributed by atoms with E-state index in [2.05, 4.69) is 22.3 Å². The Kier molecular flexibility index (Phi) is 7.02. The molecule has 0 saturated carbocycles. The summed E-state index contributed by atoms with van der Waals surface area (Å²) in [6.07, 6.45) is -2.53. The van der Waals surface area contributed by atoms with Gasteiger partial charge in [0.2, 0.25) is 11.8 Å². The zero-order valence-electron chi connectivity index (χ0n) is 18.4. The molecule has 1 N–H and O–H groups in total. The van der Waals surface area contributed by atoms with Gasteiger partial charge in [-0.3, -0.25) is 14.5 Å². The first-order valence-corrected chi connectivity index (χ1v) is 11.3. The largest absolute Gasteiger partial charge is 0.416 e. The molecule has 176 valence electrons. The lowest BCUT2D eigenvalue weighted by Gasteiger charge is -2.36. The Morgan fingerprint density at radius 2 is 1.70 bits per heavy atom. The third kappa shape index (κ3) is 5.93. The maximum Gasteiger partial charge on any atom is 0.416 e. The molecule has 2 amide bonds. The number of hydrogen-bond acceptors (Lipinski definition) is 3. The highest BCUT2D eigenvalue weighted by Crippen LogP contribution is 2.30. The van der Waals surface area contributed by atoms with Crippen molar-refractivity contribution < 1.29 is 22.8 Å². The zero-order valence-corrected chi connectivity index (χ0v) is 18.4. The SMILES string of the molecule is O=C(NCc1cccc(C(F)(F)F)c1)C1CC(=O)N(C2CCN(Cc3ccccc3)CC2)C1. The van der Waals surface area contributed by atoms with Crippen molar-refractivity contribution >= 4 is 11.8 Å². The number of benzene rings is 2. The van der Waals surface area contributed by atoms with E-state index in [1.807, 2.05) is 23.1 Å². The average molecular weight is 460 g/mol. The van der Waals surface area contributed by atoms with Gasteiger partial charge in [0.1, 0.15) is 0 Å². The summed E-state index contributed by atoms with van der Waals surface area (Å²) in [5.41, 5.74) is 0.908. The van der Waals surface area contributed by atoms with Gasteiger partial charge < -0.3 is 10.2 Å². The van der Waals surface area contributed by atoms with Crippen LogP contribution in [-0.4, -0.2) is 47.3 Å². The molecule has 0 spiro atoms. The van der Waals surface area contributed by atoms with Crippen LogP contribution in [0, 0.1) is 5.92 Å². The highest BCUT2D eigenvalue weighted by molar-refractivity contribution is 5.89. The molecule has 2 aliphatic rings. The van der Waals surface area contributed by atoms with Crippen LogP contribution >= 0.6 is 0 Å². The molecule has 2 saturated heterocycles. The first kappa shape index (κ1) is 23.3. The van der Waals surface area contributed by atoms with Crippen LogP contribution in [0.5, 0.6) is 0 Å². The number of carbonyl (C=O) groups excluding carboxylic acids is 2. The highest BCUT2D eigenvalue weighted by atomic mass is 19.4. The molecule has 2 heterocycles. The van der Waals surface area contributed by atoms with Gasteiger partial charge in [0, 0.05) is 45.2 Å². The third-order valence-electron chi connectivity index (χ3n) is 6.50. The van der Waals surface area contributed by atoms with Gasteiger partial charge in [0.05, 0.1) is 11.5 Å². The first-order chi connectivity index (χ1) is 15.8. The smallest absolute Gasteiger partial charge is 0.352 e. The number of rotatable bonds is 6. The fourth-order valence-corrected chi connectivity index (χ4v) is 4.68. The number of nitrogens with one attached hydrogen (secondary N) is 1. The highest BCUT2D eigenvalue weighted by Gasteiger charge is 2.38. The van der Waals surface area contributed by atoms with Gasteiger partial charge in [0.15, 0.2) is 0 Å². The molecule has 0 radical (unpaired) electrons. The molecule has 2 aromatic carbocycles. The number of carbonyl (C=O) groups is 2. The molecule has 5 nitrogen and oxygen atoms in total. The van der Waals surface area contributed by atoms with Crippen LogP contribution < -0.4 is 5.32 Å². The molecular formula is C25H28F3N3O2. The molecule has 8 heteroatoms. The van der Waals surface area contributed by atoms with Gasteiger partial charge in [-0.05, 0) is 36.1 Å². The van der Waals surface area contributed by atoms with Crippen molar-refractivity contribution in [3.63, 3.8) is 0 Å². The number of nitrogens with zero attached hydrogens (tertiary/aromatic N) is 2. The summed E-state index contributed by atoms with van der Waals surface area (Å²) in [5, 5.41) is 2.70. The summed E-state index contributed by atoms with van der Waals surface area (Å²) in [7, 11) is 0. The van der Waals surface area contributed by atoms with Gasteiger partial charge in [-0.25, -0.2) is 0 Å². The Morgan fingerprint density at radius 1 is 1.00 bits per heavy atom. The fourth-order valence-electron chi connectivity index (χ4n) is 4.68. The molecule has 0 bridgehead atoms. The summed E-state index contributed by atoms with van der Waals surface area (Å²) >= 11 is 0. The van der Waals surface area contributed by atoms with Gasteiger partial charge in [-0.2, -0.15) is 13.2 Å². The summed E-state index contributed by atoms with van der Waals surface area (Å²) < 4.78 is 38.6. The maximum atomic E-state index is 12.9. The van der Waals surface area contributed by atoms with Gasteiger partial charge in [0.25, 0.3) is 0 Å². The van der Waals surface area contributed by atoms with E-state index >= 15 is 0 Å². The molecule has 4 rings (SSSR count). The van der Waals surface area contributed by atoms with E-state index in [-0.39, 0.29) is 30.8 Å². The predicted molar refractivity (Wildman–Crippen MR) is 118 cm³/mol. The molecule has 2 fully saturated rings. The van der Waals surface area contributed by atoms with Crippen molar-refractivity contribution in [2.75, 3.05) is 19.6 Å². The summed E-state index contributed by atoms with van der Waals surface area (Å²) in [4.78, 5) is 29.4. The van der Waals surface area contributed by atoms with Crippen LogP contribution in [0.15, 0.2) is 54.6 Å². The minimum absolute atomic E-state index is 0.00528. The predicted octanol–water partition coefficient (Wildman–Crippen LogP) is 3.83. The second kappa shape index (κ2) is 9.95. The van der Waals surface area contributed by atoms with Gasteiger partial charge >= 0.3 is 6.18 Å². The third-order valence-corrected chi connectivity index (χ3v) is 6.50. The quantitative estimate of drug-likeness (QED) is 0.714. The number of amides is 2. The van der Waals surface area contributed by atoms with Crippen LogP contribution in [0.2, 0.25) is 0 Å². The van der Waals surface area contributed by atoms with Crippen molar-refractivity contribution in [1.29, 1.82) is 0 Å². The van der Waals surface area contributed by atoms with Crippen LogP contribution in [0.3, 0.4) is 0 Å². The van der Waals surface area contributed by atoms with E-state index in [1.165, 1.54) is 11.6 Å². The minimum Gasteiger partial charge on any atom is -0.352 e. The first-order valence-electron chi connectivity index (χ1n) is 11.3. The monoisotopic (exact) mass is 459 g/mol. The van der Waals surface area contributed by atoms with Crippen molar-refractivity contribution in [1.82, 2.24) is 15.1 Å². The van der Waals surface area contributed by atoms with E-state index < -0.39 is 17.7 Å². The summed E-state index contributed by atoms with van der Waals surface area (Å²) in [6.45, 7) is 3.06. The Bertz CT molecular complexity index is 972. The van der Waals surface area contributed by atoms with E-state index in [0.717, 1.165) is 44.6 Å². The topological polar surface area (TPSA) is 52.7 Å². The number of hydrogen-bond donors (Lipinski definition) is 1. The lowest BCUT2D eigenvalue weighted by molar-refractivity contribution is -0.137. The Morgan fingerprint density at radius 3 is 2.39 bits per heavy atom. The Hall–Kier alpha value is -2.87. The van der Waals surface area contributed by atoms with Crippen LogP contribution in [-0.2, 0) is 28.9 Å². The number of likely N-dealkylation sites (tertiary alicyclic amines) is 2. The fraction of sp³-hybridized carbons (Fsp3) is 0.440. The molecule has 33 heavy (non-hydrogen) atoms. The van der Waals surface area contributed by atoms with Crippen LogP contribution in [0.4, 0.5) is 13.2 Å². The van der Waals surface area contributed by atoms with Crippen molar-refractivity contribution in [3.05, 3.63) is 71.3 Å². The second-order valence-electron chi connectivity index (χ2n) is 8.86. The molecule has 1 atom stereocenters. The normalized spacial score (nSPS) is 20.3. The lowest BCUT2D eigenvalue weighted by atomic mass is 10.0. The molecule has 1 unspecified atom stereocenters. The molecule has 0 aliphatic carbocycles. The van der Waals surface area contributed by atoms with Crippen molar-refractivity contribution in [2.45, 2.75) is 44.6 Å². The van der Waals surface area contributed by atoms with Crippen LogP contribution in [0.25, 0.3) is 0 Å². The minimum atomic E-state index is -4.42. The standard InChI is InChI=1S/C25H28F3N3O2/c26-25(27,28)21-8-4-7-19(13-21)15-29-24(33)20-14-23(32)31(17-20)22-9-11-30(12-10-22)16-18-5-2-1-3-6-18/h1-8,13,20,22H,9-12,14-17H2,(H,29,33). The lowest BCUT2D eigenvalue weighted by Crippen LogP contribution is -2.45. The molecule has 2 aliphatic heterocycles. The van der Waals surface area contributed by atoms with E-state index in [0.29, 0.717) is 12.1 Å². The molecular weight excluding hydrogens is 431 g/mol. The van der Waals surface area contributed by atoms with Crippen LogP contribution in [0.1, 0.15) is 36.0 Å². The van der Waals surface area contributed by atoms with Crippen molar-refractivity contribution in [2.24, 2.45) is 5.92 Å². The average Bonchev–Trinajstić information content (AvgIpc) is 3.20. The Balaban J connectivity index is 1.26. The van der Waals surface area contributed by atoms with E-state index in [4.69, 9.17) is 0 Å². The maximum absolute atomic E-state index is 12.9. The molecule has 2 aromatic rings. The van der Waals surface area contributed by atoms with Gasteiger partial charge in [-0.1, -0.05) is 42.5 Å². The second-order valence-corrected chi connectivity index (χ2v) is 8.86. The number of halogens is 3. The Labute approximate surface area is 191 Å². The number of piperidine rings is 1. The zero-order chi connectivity index (χ0) is 23.4. The van der Waals surface area contributed by atoms with Crippen molar-refractivity contribution in [3.8, 4) is 0 Å². The molecule has 0 aromatic heterocycles. The van der Waals surface area contributed by atoms with Gasteiger partial charge in [-0.15, -0.1) is 0 Å². The number of alkyl halides is 3. The summed E-state index contributed by atoms with van der Waals surface area (Å²) in [6, 6.07) is 15.3.